The number of hydrogen-bond donors (Lipinski definition) is 2. The molecule has 98 valence electrons. The fourth-order valence-corrected chi connectivity index (χ4v) is 2.49. The highest BCUT2D eigenvalue weighted by molar-refractivity contribution is 5.86. The van der Waals surface area contributed by atoms with Gasteiger partial charge < -0.3 is 20.1 Å². The Kier molecular flexibility index (Phi) is 4.36. The Morgan fingerprint density at radius 3 is 3.00 bits per heavy atom. The quantitative estimate of drug-likeness (QED) is 0.731. The van der Waals surface area contributed by atoms with E-state index in [1.807, 2.05) is 0 Å². The molecule has 0 saturated carbocycles. The first-order valence-electron chi connectivity index (χ1n) is 6.49. The Morgan fingerprint density at radius 2 is 2.41 bits per heavy atom. The molecule has 0 radical (unpaired) electrons. The summed E-state index contributed by atoms with van der Waals surface area (Å²) in [6, 6.07) is 0. The van der Waals surface area contributed by atoms with Crippen molar-refractivity contribution in [1.29, 1.82) is 0 Å². The fraction of sp³-hybridized carbons (Fsp3) is 0.917. The average Bonchev–Trinajstić information content (AvgIpc) is 2.87. The van der Waals surface area contributed by atoms with Crippen molar-refractivity contribution in [3.05, 3.63) is 0 Å². The molecule has 2 N–H and O–H groups in total. The summed E-state index contributed by atoms with van der Waals surface area (Å²) in [5, 5.41) is 6.30. The van der Waals surface area contributed by atoms with E-state index in [1.54, 1.807) is 0 Å². The van der Waals surface area contributed by atoms with Gasteiger partial charge in [-0.1, -0.05) is 6.92 Å². The van der Waals surface area contributed by atoms with Crippen molar-refractivity contribution >= 4 is 5.91 Å². The minimum atomic E-state index is -0.352. The molecule has 2 saturated heterocycles. The third-order valence-electron chi connectivity index (χ3n) is 3.66. The summed E-state index contributed by atoms with van der Waals surface area (Å²) in [6.45, 7) is 5.39. The van der Waals surface area contributed by atoms with Gasteiger partial charge in [-0.3, -0.25) is 4.79 Å². The summed E-state index contributed by atoms with van der Waals surface area (Å²) in [4.78, 5) is 12.2. The van der Waals surface area contributed by atoms with Gasteiger partial charge in [0.2, 0.25) is 5.91 Å². The molecule has 2 aliphatic rings. The van der Waals surface area contributed by atoms with Crippen LogP contribution in [-0.4, -0.2) is 50.5 Å². The molecule has 2 aliphatic heterocycles. The maximum Gasteiger partial charge on any atom is 0.240 e. The molecule has 0 aromatic rings. The largest absolute Gasteiger partial charge is 0.376 e. The molecule has 1 amide bonds. The van der Waals surface area contributed by atoms with Crippen LogP contribution in [0.15, 0.2) is 0 Å². The van der Waals surface area contributed by atoms with Gasteiger partial charge in [0.05, 0.1) is 31.5 Å². The molecule has 2 rings (SSSR count). The third-order valence-corrected chi connectivity index (χ3v) is 3.66. The molecule has 0 spiro atoms. The Morgan fingerprint density at radius 1 is 1.53 bits per heavy atom. The highest BCUT2D eigenvalue weighted by Crippen LogP contribution is 2.23. The summed E-state index contributed by atoms with van der Waals surface area (Å²) in [5.41, 5.74) is -0.352. The molecule has 0 aromatic carbocycles. The smallest absolute Gasteiger partial charge is 0.240 e. The average molecular weight is 242 g/mol. The van der Waals surface area contributed by atoms with E-state index < -0.39 is 0 Å². The zero-order valence-electron chi connectivity index (χ0n) is 10.5. The second-order valence-electron chi connectivity index (χ2n) is 4.74. The molecule has 2 heterocycles. The van der Waals surface area contributed by atoms with Crippen LogP contribution in [0.3, 0.4) is 0 Å². The number of carbonyl (C=O) groups is 1. The van der Waals surface area contributed by atoms with Crippen molar-refractivity contribution in [2.75, 3.05) is 32.9 Å². The van der Waals surface area contributed by atoms with Gasteiger partial charge in [0.15, 0.2) is 0 Å². The summed E-state index contributed by atoms with van der Waals surface area (Å²) in [7, 11) is 0. The normalized spacial score (nSPS) is 33.6. The first-order chi connectivity index (χ1) is 8.27. The number of rotatable bonds is 4. The van der Waals surface area contributed by atoms with Gasteiger partial charge >= 0.3 is 0 Å². The van der Waals surface area contributed by atoms with Crippen LogP contribution in [0.25, 0.3) is 0 Å². The van der Waals surface area contributed by atoms with Gasteiger partial charge in [0.1, 0.15) is 0 Å². The molecule has 17 heavy (non-hydrogen) atoms. The first-order valence-corrected chi connectivity index (χ1v) is 6.49. The summed E-state index contributed by atoms with van der Waals surface area (Å²) in [5.74, 6) is 0.103. The molecule has 0 aliphatic carbocycles. The zero-order valence-corrected chi connectivity index (χ0v) is 10.5. The second kappa shape index (κ2) is 5.80. The first kappa shape index (κ1) is 12.8. The van der Waals surface area contributed by atoms with Crippen LogP contribution in [0.2, 0.25) is 0 Å². The van der Waals surface area contributed by atoms with Crippen LogP contribution in [-0.2, 0) is 14.3 Å². The highest BCUT2D eigenvalue weighted by Gasteiger charge is 2.39. The Bertz CT molecular complexity index is 258. The van der Waals surface area contributed by atoms with Crippen LogP contribution in [0.1, 0.15) is 26.2 Å². The third kappa shape index (κ3) is 2.97. The van der Waals surface area contributed by atoms with Crippen molar-refractivity contribution < 1.29 is 14.3 Å². The van der Waals surface area contributed by atoms with Gasteiger partial charge in [0.25, 0.3) is 0 Å². The van der Waals surface area contributed by atoms with Gasteiger partial charge in [-0.25, -0.2) is 0 Å². The van der Waals surface area contributed by atoms with Gasteiger partial charge in [-0.15, -0.1) is 0 Å². The Balaban J connectivity index is 1.79. The number of ether oxygens (including phenoxy) is 2. The van der Waals surface area contributed by atoms with E-state index in [9.17, 15) is 4.79 Å². The van der Waals surface area contributed by atoms with Gasteiger partial charge in [-0.2, -0.15) is 0 Å². The molecule has 0 aromatic heterocycles. The number of hydrogen-bond acceptors (Lipinski definition) is 4. The van der Waals surface area contributed by atoms with Crippen LogP contribution in [0, 0.1) is 0 Å². The van der Waals surface area contributed by atoms with Crippen LogP contribution >= 0.6 is 0 Å². The van der Waals surface area contributed by atoms with Gasteiger partial charge in [0, 0.05) is 6.54 Å². The predicted molar refractivity (Wildman–Crippen MR) is 63.8 cm³/mol. The zero-order chi connectivity index (χ0) is 12.1. The lowest BCUT2D eigenvalue weighted by molar-refractivity contribution is -0.129. The summed E-state index contributed by atoms with van der Waals surface area (Å²) >= 11 is 0. The summed E-state index contributed by atoms with van der Waals surface area (Å²) in [6.07, 6.45) is 2.84. The standard InChI is InChI=1S/C12H22N2O3/c1-2-12(4-3-5-14-12)11(15)13-8-10-9-16-6-7-17-10/h10,14H,2-9H2,1H3,(H,13,15). The second-order valence-corrected chi connectivity index (χ2v) is 4.74. The lowest BCUT2D eigenvalue weighted by atomic mass is 9.93. The molecule has 2 fully saturated rings. The van der Waals surface area contributed by atoms with E-state index >= 15 is 0 Å². The minimum absolute atomic E-state index is 0.00279. The number of carbonyl (C=O) groups excluding carboxylic acids is 1. The fourth-order valence-electron chi connectivity index (χ4n) is 2.49. The highest BCUT2D eigenvalue weighted by atomic mass is 16.6. The van der Waals surface area contributed by atoms with E-state index in [1.165, 1.54) is 0 Å². The topological polar surface area (TPSA) is 59.6 Å². The molecule has 5 heteroatoms. The van der Waals surface area contributed by atoms with E-state index in [0.717, 1.165) is 25.8 Å². The van der Waals surface area contributed by atoms with Crippen molar-refractivity contribution in [3.63, 3.8) is 0 Å². The maximum atomic E-state index is 12.2. The minimum Gasteiger partial charge on any atom is -0.376 e. The monoisotopic (exact) mass is 242 g/mol. The SMILES string of the molecule is CCC1(C(=O)NCC2COCCO2)CCCN1. The van der Waals surface area contributed by atoms with Crippen molar-refractivity contribution in [2.24, 2.45) is 0 Å². The lowest BCUT2D eigenvalue weighted by Crippen LogP contribution is -2.55. The predicted octanol–water partition coefficient (Wildman–Crippen LogP) is 0.0502. The lowest BCUT2D eigenvalue weighted by Gasteiger charge is -2.29. The number of nitrogens with one attached hydrogen (secondary N) is 2. The van der Waals surface area contributed by atoms with E-state index in [0.29, 0.717) is 26.4 Å². The van der Waals surface area contributed by atoms with Crippen molar-refractivity contribution in [3.8, 4) is 0 Å². The summed E-state index contributed by atoms with van der Waals surface area (Å²) < 4.78 is 10.8. The molecule has 5 nitrogen and oxygen atoms in total. The van der Waals surface area contributed by atoms with Crippen molar-refractivity contribution in [1.82, 2.24) is 10.6 Å². The van der Waals surface area contributed by atoms with E-state index in [4.69, 9.17) is 9.47 Å². The maximum absolute atomic E-state index is 12.2. The van der Waals surface area contributed by atoms with Crippen LogP contribution in [0.4, 0.5) is 0 Å². The Hall–Kier alpha value is -0.650. The van der Waals surface area contributed by atoms with E-state index in [-0.39, 0.29) is 17.6 Å². The number of amides is 1. The van der Waals surface area contributed by atoms with Crippen LogP contribution < -0.4 is 10.6 Å². The molecular formula is C12H22N2O3. The van der Waals surface area contributed by atoms with E-state index in [2.05, 4.69) is 17.6 Å². The van der Waals surface area contributed by atoms with Gasteiger partial charge in [-0.05, 0) is 25.8 Å². The molecular weight excluding hydrogens is 220 g/mol. The molecule has 2 unspecified atom stereocenters. The van der Waals surface area contributed by atoms with Crippen molar-refractivity contribution in [2.45, 2.75) is 37.8 Å². The molecule has 2 atom stereocenters. The molecule has 0 bridgehead atoms. The Labute approximate surface area is 102 Å². The van der Waals surface area contributed by atoms with Crippen LogP contribution in [0.5, 0.6) is 0 Å².